The molecule has 0 bridgehead atoms. The van der Waals surface area contributed by atoms with Crippen LogP contribution in [-0.2, 0) is 9.84 Å². The molecule has 0 radical (unpaired) electrons. The van der Waals surface area contributed by atoms with E-state index in [2.05, 4.69) is 9.98 Å². The first-order chi connectivity index (χ1) is 12.5. The highest BCUT2D eigenvalue weighted by Crippen LogP contribution is 2.39. The molecule has 0 saturated carbocycles. The van der Waals surface area contributed by atoms with E-state index in [-0.39, 0.29) is 27.2 Å². The van der Waals surface area contributed by atoms with Crippen molar-refractivity contribution < 1.29 is 21.6 Å². The number of halogens is 4. The molecule has 3 heterocycles. The van der Waals surface area contributed by atoms with Gasteiger partial charge in [-0.15, -0.1) is 0 Å². The largest absolute Gasteiger partial charge is 0.431 e. The molecule has 1 aromatic rings. The zero-order valence-corrected chi connectivity index (χ0v) is 16.2. The van der Waals surface area contributed by atoms with Gasteiger partial charge < -0.3 is 9.80 Å². The maximum atomic E-state index is 13.2. The van der Waals surface area contributed by atoms with Gasteiger partial charge in [0.1, 0.15) is 16.5 Å². The molecule has 2 aliphatic heterocycles. The third-order valence-corrected chi connectivity index (χ3v) is 6.33. The van der Waals surface area contributed by atoms with E-state index in [1.807, 2.05) is 0 Å². The molecule has 0 amide bonds. The molecule has 11 heteroatoms. The van der Waals surface area contributed by atoms with Gasteiger partial charge in [0.05, 0.1) is 22.1 Å². The van der Waals surface area contributed by atoms with Crippen molar-refractivity contribution in [1.29, 1.82) is 0 Å². The Balaban J connectivity index is 2.14. The number of allylic oxidation sites excluding steroid dienone is 2. The van der Waals surface area contributed by atoms with E-state index < -0.39 is 27.9 Å². The van der Waals surface area contributed by atoms with E-state index in [4.69, 9.17) is 11.6 Å². The topological polar surface area (TPSA) is 65.9 Å². The fourth-order valence-electron chi connectivity index (χ4n) is 2.92. The van der Waals surface area contributed by atoms with Gasteiger partial charge in [-0.2, -0.15) is 13.2 Å². The Kier molecular flexibility index (Phi) is 4.75. The van der Waals surface area contributed by atoms with Gasteiger partial charge in [-0.25, -0.2) is 13.4 Å². The summed E-state index contributed by atoms with van der Waals surface area (Å²) in [4.78, 5) is 10.9. The van der Waals surface area contributed by atoms with Gasteiger partial charge in [0.15, 0.2) is 16.0 Å². The molecule has 1 aromatic heterocycles. The Bertz CT molecular complexity index is 986. The van der Waals surface area contributed by atoms with Crippen LogP contribution in [0.4, 0.5) is 13.2 Å². The quantitative estimate of drug-likeness (QED) is 0.703. The first kappa shape index (κ1) is 19.7. The molecular weight excluding hydrogens is 405 g/mol. The molecule has 6 nitrogen and oxygen atoms in total. The summed E-state index contributed by atoms with van der Waals surface area (Å²) in [6.07, 6.45) is -3.20. The normalized spacial score (nSPS) is 20.3. The Morgan fingerprint density at radius 2 is 1.93 bits per heavy atom. The number of hydrogen-bond donors (Lipinski definition) is 0. The van der Waals surface area contributed by atoms with Crippen LogP contribution in [0.25, 0.3) is 0 Å². The molecule has 3 rings (SSSR count). The smallest absolute Gasteiger partial charge is 0.345 e. The molecule has 1 unspecified atom stereocenters. The van der Waals surface area contributed by atoms with Crippen molar-refractivity contribution in [2.24, 2.45) is 4.99 Å². The van der Waals surface area contributed by atoms with E-state index in [0.29, 0.717) is 5.70 Å². The van der Waals surface area contributed by atoms with Crippen LogP contribution in [0.3, 0.4) is 0 Å². The Labute approximate surface area is 159 Å². The van der Waals surface area contributed by atoms with Crippen LogP contribution in [0.5, 0.6) is 0 Å². The molecule has 0 spiro atoms. The van der Waals surface area contributed by atoms with E-state index in [1.54, 1.807) is 11.9 Å². The second-order valence-corrected chi connectivity index (χ2v) is 8.71. The number of aromatic nitrogens is 1. The number of nitrogens with zero attached hydrogens (tertiary/aromatic N) is 4. The molecule has 146 valence electrons. The van der Waals surface area contributed by atoms with Crippen molar-refractivity contribution in [2.45, 2.75) is 24.2 Å². The lowest BCUT2D eigenvalue weighted by Gasteiger charge is -2.28. The van der Waals surface area contributed by atoms with Gasteiger partial charge in [-0.1, -0.05) is 18.5 Å². The third kappa shape index (κ3) is 3.43. The summed E-state index contributed by atoms with van der Waals surface area (Å²) in [5.41, 5.74) is -0.245. The Hall–Kier alpha value is -2.07. The highest BCUT2D eigenvalue weighted by molar-refractivity contribution is 7.91. The molecule has 0 N–H and O–H groups in total. The molecule has 1 atom stereocenters. The number of hydrogen-bond acceptors (Lipinski definition) is 6. The molecule has 27 heavy (non-hydrogen) atoms. The van der Waals surface area contributed by atoms with E-state index in [9.17, 15) is 21.6 Å². The average Bonchev–Trinajstić information content (AvgIpc) is 2.89. The van der Waals surface area contributed by atoms with Crippen molar-refractivity contribution in [2.75, 3.05) is 19.8 Å². The molecule has 0 aliphatic carbocycles. The number of pyridine rings is 1. The zero-order valence-electron chi connectivity index (χ0n) is 14.6. The lowest BCUT2D eigenvalue weighted by atomic mass is 10.1. The predicted octanol–water partition coefficient (Wildman–Crippen LogP) is 3.15. The predicted molar refractivity (Wildman–Crippen MR) is 94.9 cm³/mol. The van der Waals surface area contributed by atoms with Crippen LogP contribution in [0.1, 0.15) is 18.8 Å². The van der Waals surface area contributed by atoms with Crippen molar-refractivity contribution in [3.63, 3.8) is 0 Å². The minimum Gasteiger partial charge on any atom is -0.345 e. The standard InChI is InChI=1S/C16H16ClF3N4O2S/c1-4-27(25,26)11-5-6-13(17)22-14(11)15-21-9-7-12(16(18,19)20)23(2)8-10(9)24(15)3/h5-8,15H,4H2,1-3H3. The van der Waals surface area contributed by atoms with Crippen LogP contribution in [0.15, 0.2) is 45.7 Å². The van der Waals surface area contributed by atoms with Crippen LogP contribution in [0.2, 0.25) is 5.15 Å². The Morgan fingerprint density at radius 1 is 1.26 bits per heavy atom. The van der Waals surface area contributed by atoms with Gasteiger partial charge in [-0.3, -0.25) is 4.99 Å². The monoisotopic (exact) mass is 420 g/mol. The molecular formula is C16H16ClF3N4O2S. The summed E-state index contributed by atoms with van der Waals surface area (Å²) in [6, 6.07) is 2.70. The molecule has 0 saturated heterocycles. The number of sulfone groups is 1. The van der Waals surface area contributed by atoms with Crippen LogP contribution in [0, 0.1) is 0 Å². The van der Waals surface area contributed by atoms with Crippen molar-refractivity contribution in [1.82, 2.24) is 14.8 Å². The zero-order chi connectivity index (χ0) is 20.1. The highest BCUT2D eigenvalue weighted by Gasteiger charge is 2.42. The minimum absolute atomic E-state index is 0.0387. The number of aliphatic imine (C=N–C) groups is 1. The van der Waals surface area contributed by atoms with Gasteiger partial charge in [-0.05, 0) is 18.2 Å². The van der Waals surface area contributed by atoms with Crippen LogP contribution < -0.4 is 0 Å². The van der Waals surface area contributed by atoms with Crippen molar-refractivity contribution >= 4 is 27.1 Å². The lowest BCUT2D eigenvalue weighted by Crippen LogP contribution is -2.31. The summed E-state index contributed by atoms with van der Waals surface area (Å²) in [5, 5.41) is 0.0705. The number of alkyl halides is 3. The van der Waals surface area contributed by atoms with Gasteiger partial charge >= 0.3 is 6.18 Å². The maximum absolute atomic E-state index is 13.2. The molecule has 0 aromatic carbocycles. The van der Waals surface area contributed by atoms with Gasteiger partial charge in [0.2, 0.25) is 0 Å². The summed E-state index contributed by atoms with van der Waals surface area (Å²) in [7, 11) is -0.730. The van der Waals surface area contributed by atoms with E-state index in [1.165, 1.54) is 32.3 Å². The van der Waals surface area contributed by atoms with Crippen LogP contribution >= 0.6 is 11.6 Å². The SMILES string of the molecule is CCS(=O)(=O)c1ccc(Cl)nc1C1N=C2C=C(C(F)(F)F)N(C)C=C2N1C. The van der Waals surface area contributed by atoms with Gasteiger partial charge in [0.25, 0.3) is 0 Å². The molecule has 0 fully saturated rings. The minimum atomic E-state index is -4.54. The third-order valence-electron chi connectivity index (χ3n) is 4.34. The summed E-state index contributed by atoms with van der Waals surface area (Å²) >= 11 is 5.94. The Morgan fingerprint density at radius 3 is 2.52 bits per heavy atom. The first-order valence-corrected chi connectivity index (χ1v) is 9.92. The van der Waals surface area contributed by atoms with Crippen molar-refractivity contribution in [3.05, 3.63) is 46.6 Å². The summed E-state index contributed by atoms with van der Waals surface area (Å²) < 4.78 is 64.3. The second kappa shape index (κ2) is 6.52. The van der Waals surface area contributed by atoms with Gasteiger partial charge in [0, 0.05) is 20.3 Å². The highest BCUT2D eigenvalue weighted by atomic mass is 35.5. The van der Waals surface area contributed by atoms with Crippen LogP contribution in [-0.4, -0.2) is 54.9 Å². The van der Waals surface area contributed by atoms with E-state index in [0.717, 1.165) is 11.0 Å². The number of rotatable bonds is 3. The fourth-order valence-corrected chi connectivity index (χ4v) is 4.13. The van der Waals surface area contributed by atoms with Crippen molar-refractivity contribution in [3.8, 4) is 0 Å². The average molecular weight is 421 g/mol. The first-order valence-electron chi connectivity index (χ1n) is 7.89. The van der Waals surface area contributed by atoms with E-state index >= 15 is 0 Å². The summed E-state index contributed by atoms with van der Waals surface area (Å²) in [6.45, 7) is 1.49. The lowest BCUT2D eigenvalue weighted by molar-refractivity contribution is -0.106. The summed E-state index contributed by atoms with van der Waals surface area (Å²) in [5.74, 6) is -0.153. The second-order valence-electron chi connectivity index (χ2n) is 6.07. The fraction of sp³-hybridized carbons (Fsp3) is 0.375. The molecule has 2 aliphatic rings. The number of fused-ring (bicyclic) bond motifs is 1. The maximum Gasteiger partial charge on any atom is 0.431 e.